The molecule has 0 spiro atoms. The Morgan fingerprint density at radius 3 is 2.89 bits per heavy atom. The molecule has 0 saturated carbocycles. The number of benzene rings is 1. The zero-order valence-corrected chi connectivity index (χ0v) is 15.1. The third-order valence-corrected chi connectivity index (χ3v) is 4.67. The standard InChI is InChI=1S/C19H18FN5O3/c1-10-4-12(19(27)28)5-14(22-10)7-21-8-16-23-24-18-17(26)15-6-13(20)3-2-11(15)9-25(16)18/h2-6,17,21,26H,7-9H2,1H3,(H,27,28). The van der Waals surface area contributed by atoms with Crippen LogP contribution in [0.3, 0.4) is 0 Å². The zero-order valence-electron chi connectivity index (χ0n) is 15.1. The summed E-state index contributed by atoms with van der Waals surface area (Å²) in [5, 5.41) is 31.0. The number of fused-ring (bicyclic) bond motifs is 2. The summed E-state index contributed by atoms with van der Waals surface area (Å²) >= 11 is 0. The molecule has 2 aromatic heterocycles. The topological polar surface area (TPSA) is 113 Å². The average Bonchev–Trinajstić information content (AvgIpc) is 3.05. The molecule has 0 bridgehead atoms. The molecule has 1 aromatic carbocycles. The van der Waals surface area contributed by atoms with Crippen LogP contribution in [0.4, 0.5) is 4.39 Å². The lowest BCUT2D eigenvalue weighted by atomic mass is 9.98. The van der Waals surface area contributed by atoms with Gasteiger partial charge in [-0.25, -0.2) is 9.18 Å². The Morgan fingerprint density at radius 1 is 1.29 bits per heavy atom. The Labute approximate surface area is 159 Å². The number of carboxylic acids is 1. The molecule has 144 valence electrons. The molecule has 1 aliphatic rings. The van der Waals surface area contributed by atoms with Crippen LogP contribution < -0.4 is 5.32 Å². The summed E-state index contributed by atoms with van der Waals surface area (Å²) in [6, 6.07) is 7.37. The summed E-state index contributed by atoms with van der Waals surface area (Å²) in [6.07, 6.45) is -1.03. The number of nitrogens with zero attached hydrogens (tertiary/aromatic N) is 4. The van der Waals surface area contributed by atoms with Crippen LogP contribution in [0.15, 0.2) is 30.3 Å². The molecule has 28 heavy (non-hydrogen) atoms. The first kappa shape index (κ1) is 18.2. The number of hydrogen-bond acceptors (Lipinski definition) is 6. The normalized spacial score (nSPS) is 15.2. The highest BCUT2D eigenvalue weighted by Gasteiger charge is 2.28. The molecule has 3 heterocycles. The van der Waals surface area contributed by atoms with Crippen molar-refractivity contribution in [3.05, 3.63) is 75.9 Å². The SMILES string of the molecule is Cc1cc(C(=O)O)cc(CNCc2nnc3n2Cc2ccc(F)cc2C3O)n1. The van der Waals surface area contributed by atoms with Crippen molar-refractivity contribution in [2.45, 2.75) is 32.7 Å². The van der Waals surface area contributed by atoms with Crippen LogP contribution in [0.25, 0.3) is 0 Å². The van der Waals surface area contributed by atoms with Gasteiger partial charge in [0, 0.05) is 12.2 Å². The van der Waals surface area contributed by atoms with Crippen LogP contribution >= 0.6 is 0 Å². The number of pyridine rings is 1. The maximum Gasteiger partial charge on any atom is 0.335 e. The molecule has 4 rings (SSSR count). The maximum absolute atomic E-state index is 13.5. The number of hydrogen-bond donors (Lipinski definition) is 3. The molecule has 0 radical (unpaired) electrons. The minimum absolute atomic E-state index is 0.191. The number of aromatic carboxylic acids is 1. The predicted molar refractivity (Wildman–Crippen MR) is 96.1 cm³/mol. The number of halogens is 1. The maximum atomic E-state index is 13.5. The minimum Gasteiger partial charge on any atom is -0.478 e. The molecular weight excluding hydrogens is 365 g/mol. The number of aryl methyl sites for hydroxylation is 1. The molecule has 0 fully saturated rings. The summed E-state index contributed by atoms with van der Waals surface area (Å²) in [6.45, 7) is 2.90. The molecule has 0 aliphatic carbocycles. The number of aliphatic hydroxyl groups excluding tert-OH is 1. The van der Waals surface area contributed by atoms with Gasteiger partial charge in [0.1, 0.15) is 17.7 Å². The lowest BCUT2D eigenvalue weighted by Crippen LogP contribution is -2.23. The van der Waals surface area contributed by atoms with Gasteiger partial charge >= 0.3 is 5.97 Å². The molecule has 3 N–H and O–H groups in total. The van der Waals surface area contributed by atoms with Gasteiger partial charge < -0.3 is 20.1 Å². The quantitative estimate of drug-likeness (QED) is 0.613. The number of carbonyl (C=O) groups is 1. The minimum atomic E-state index is -1.03. The number of rotatable bonds is 5. The molecule has 3 aromatic rings. The largest absolute Gasteiger partial charge is 0.478 e. The van der Waals surface area contributed by atoms with Crippen LogP contribution in [-0.4, -0.2) is 35.9 Å². The number of aromatic nitrogens is 4. The van der Waals surface area contributed by atoms with Gasteiger partial charge in [-0.15, -0.1) is 10.2 Å². The van der Waals surface area contributed by atoms with E-state index >= 15 is 0 Å². The van der Waals surface area contributed by atoms with Crippen molar-refractivity contribution in [1.29, 1.82) is 0 Å². The van der Waals surface area contributed by atoms with Gasteiger partial charge in [-0.2, -0.15) is 0 Å². The average molecular weight is 383 g/mol. The van der Waals surface area contributed by atoms with E-state index in [2.05, 4.69) is 20.5 Å². The van der Waals surface area contributed by atoms with Crippen LogP contribution in [0.2, 0.25) is 0 Å². The number of aliphatic hydroxyl groups is 1. The lowest BCUT2D eigenvalue weighted by molar-refractivity contribution is 0.0696. The second-order valence-electron chi connectivity index (χ2n) is 6.70. The highest BCUT2D eigenvalue weighted by atomic mass is 19.1. The van der Waals surface area contributed by atoms with E-state index in [1.165, 1.54) is 24.3 Å². The van der Waals surface area contributed by atoms with E-state index in [1.807, 2.05) is 0 Å². The van der Waals surface area contributed by atoms with Crippen molar-refractivity contribution in [3.8, 4) is 0 Å². The first-order chi connectivity index (χ1) is 13.4. The molecule has 9 heteroatoms. The lowest BCUT2D eigenvalue weighted by Gasteiger charge is -2.23. The summed E-state index contributed by atoms with van der Waals surface area (Å²) in [7, 11) is 0. The Kier molecular flexibility index (Phi) is 4.62. The highest BCUT2D eigenvalue weighted by molar-refractivity contribution is 5.87. The molecule has 0 saturated heterocycles. The third kappa shape index (κ3) is 3.37. The number of carboxylic acid groups (broad SMARTS) is 1. The first-order valence-electron chi connectivity index (χ1n) is 8.72. The fourth-order valence-electron chi connectivity index (χ4n) is 3.38. The molecule has 8 nitrogen and oxygen atoms in total. The fraction of sp³-hybridized carbons (Fsp3) is 0.263. The third-order valence-electron chi connectivity index (χ3n) is 4.67. The first-order valence-corrected chi connectivity index (χ1v) is 8.72. The van der Waals surface area contributed by atoms with Gasteiger partial charge in [0.2, 0.25) is 0 Å². The second kappa shape index (κ2) is 7.10. The van der Waals surface area contributed by atoms with E-state index in [1.54, 1.807) is 17.6 Å². The van der Waals surface area contributed by atoms with E-state index in [0.717, 1.165) is 5.56 Å². The summed E-state index contributed by atoms with van der Waals surface area (Å²) in [5.41, 5.74) is 2.75. The fourth-order valence-corrected chi connectivity index (χ4v) is 3.38. The molecule has 0 amide bonds. The Morgan fingerprint density at radius 2 is 2.11 bits per heavy atom. The predicted octanol–water partition coefficient (Wildman–Crippen LogP) is 1.55. The highest BCUT2D eigenvalue weighted by Crippen LogP contribution is 2.31. The van der Waals surface area contributed by atoms with Crippen LogP contribution in [0.5, 0.6) is 0 Å². The summed E-state index contributed by atoms with van der Waals surface area (Å²) in [4.78, 5) is 15.5. The van der Waals surface area contributed by atoms with Crippen molar-refractivity contribution in [2.75, 3.05) is 0 Å². The zero-order chi connectivity index (χ0) is 19.8. The van der Waals surface area contributed by atoms with Gasteiger partial charge in [0.05, 0.1) is 24.3 Å². The molecule has 1 atom stereocenters. The van der Waals surface area contributed by atoms with Gasteiger partial charge in [-0.05, 0) is 42.3 Å². The second-order valence-corrected chi connectivity index (χ2v) is 6.70. The van der Waals surface area contributed by atoms with Crippen LogP contribution in [0, 0.1) is 12.7 Å². The van der Waals surface area contributed by atoms with E-state index in [0.29, 0.717) is 48.2 Å². The van der Waals surface area contributed by atoms with Crippen molar-refractivity contribution >= 4 is 5.97 Å². The van der Waals surface area contributed by atoms with Crippen LogP contribution in [0.1, 0.15) is 50.6 Å². The summed E-state index contributed by atoms with van der Waals surface area (Å²) < 4.78 is 15.3. The van der Waals surface area contributed by atoms with Gasteiger partial charge in [0.25, 0.3) is 0 Å². The van der Waals surface area contributed by atoms with Gasteiger partial charge in [-0.3, -0.25) is 4.98 Å². The monoisotopic (exact) mass is 383 g/mol. The van der Waals surface area contributed by atoms with Gasteiger partial charge in [-0.1, -0.05) is 6.07 Å². The number of nitrogens with one attached hydrogen (secondary N) is 1. The Balaban J connectivity index is 1.49. The summed E-state index contributed by atoms with van der Waals surface area (Å²) in [5.74, 6) is -0.409. The van der Waals surface area contributed by atoms with E-state index in [4.69, 9.17) is 5.11 Å². The van der Waals surface area contributed by atoms with Gasteiger partial charge in [0.15, 0.2) is 5.82 Å². The van der Waals surface area contributed by atoms with Crippen molar-refractivity contribution in [2.24, 2.45) is 0 Å². The Hall–Kier alpha value is -3.17. The van der Waals surface area contributed by atoms with E-state index < -0.39 is 17.9 Å². The Bertz CT molecular complexity index is 1070. The molecular formula is C19H18FN5O3. The van der Waals surface area contributed by atoms with E-state index in [9.17, 15) is 14.3 Å². The van der Waals surface area contributed by atoms with Crippen molar-refractivity contribution in [1.82, 2.24) is 25.1 Å². The van der Waals surface area contributed by atoms with Crippen molar-refractivity contribution in [3.63, 3.8) is 0 Å². The van der Waals surface area contributed by atoms with Crippen LogP contribution in [-0.2, 0) is 19.6 Å². The molecule has 1 unspecified atom stereocenters. The van der Waals surface area contributed by atoms with Crippen molar-refractivity contribution < 1.29 is 19.4 Å². The van der Waals surface area contributed by atoms with E-state index in [-0.39, 0.29) is 5.56 Å². The smallest absolute Gasteiger partial charge is 0.335 e. The molecule has 1 aliphatic heterocycles.